The number of carbonyl (C=O) groups excluding carboxylic acids is 2. The molecule has 0 saturated carbocycles. The van der Waals surface area contributed by atoms with E-state index in [0.717, 1.165) is 16.8 Å². The number of amides is 2. The fraction of sp³-hybridized carbons (Fsp3) is 0.300. The van der Waals surface area contributed by atoms with Gasteiger partial charge in [0, 0.05) is 12.1 Å². The molecule has 0 aliphatic heterocycles. The van der Waals surface area contributed by atoms with E-state index in [-0.39, 0.29) is 0 Å². The van der Waals surface area contributed by atoms with E-state index < -0.39 is 48.5 Å². The van der Waals surface area contributed by atoms with Crippen molar-refractivity contribution in [3.05, 3.63) is 32.8 Å². The average molecular weight is 284 g/mol. The van der Waals surface area contributed by atoms with Crippen molar-refractivity contribution >= 4 is 17.8 Å². The number of hydrogen-bond donors (Lipinski definition) is 4. The Kier molecular flexibility index (Phi) is 5.21. The zero-order valence-corrected chi connectivity index (χ0v) is 10.2. The Balaban J connectivity index is 2.46. The van der Waals surface area contributed by atoms with Crippen LogP contribution in [0, 0.1) is 0 Å². The Morgan fingerprint density at radius 2 is 1.75 bits per heavy atom. The SMILES string of the molecule is O=C(O)CNC(=O)CNC(=O)Cn1[nH]c(=O)ccc1=O. The van der Waals surface area contributed by atoms with Gasteiger partial charge in [-0.3, -0.25) is 29.1 Å². The molecule has 0 spiro atoms. The second kappa shape index (κ2) is 6.87. The number of carbonyl (C=O) groups is 3. The lowest BCUT2D eigenvalue weighted by Gasteiger charge is -2.06. The molecule has 1 aromatic heterocycles. The molecule has 0 aromatic carbocycles. The molecule has 0 saturated heterocycles. The third-order valence-electron chi connectivity index (χ3n) is 2.07. The van der Waals surface area contributed by atoms with Gasteiger partial charge in [0.2, 0.25) is 11.8 Å². The van der Waals surface area contributed by atoms with E-state index in [1.807, 2.05) is 5.32 Å². The van der Waals surface area contributed by atoms with Gasteiger partial charge in [0.05, 0.1) is 6.54 Å². The van der Waals surface area contributed by atoms with E-state index in [0.29, 0.717) is 0 Å². The predicted molar refractivity (Wildman–Crippen MR) is 65.0 cm³/mol. The highest BCUT2D eigenvalue weighted by Gasteiger charge is 2.08. The maximum atomic E-state index is 11.4. The number of carboxylic acid groups (broad SMARTS) is 1. The fourth-order valence-electron chi connectivity index (χ4n) is 1.19. The number of aromatic nitrogens is 2. The number of H-pyrrole nitrogens is 1. The number of hydrogen-bond acceptors (Lipinski definition) is 5. The van der Waals surface area contributed by atoms with Crippen molar-refractivity contribution in [2.45, 2.75) is 6.54 Å². The van der Waals surface area contributed by atoms with E-state index in [4.69, 9.17) is 5.11 Å². The molecule has 1 aromatic rings. The van der Waals surface area contributed by atoms with Crippen LogP contribution in [0.4, 0.5) is 0 Å². The van der Waals surface area contributed by atoms with Crippen molar-refractivity contribution in [1.29, 1.82) is 0 Å². The quantitative estimate of drug-likeness (QED) is 0.433. The minimum atomic E-state index is -1.21. The number of rotatable bonds is 6. The van der Waals surface area contributed by atoms with Crippen LogP contribution >= 0.6 is 0 Å². The Morgan fingerprint density at radius 1 is 1.10 bits per heavy atom. The number of aromatic amines is 1. The summed E-state index contributed by atoms with van der Waals surface area (Å²) in [4.78, 5) is 55.0. The fourth-order valence-corrected chi connectivity index (χ4v) is 1.19. The maximum Gasteiger partial charge on any atom is 0.322 e. The molecule has 4 N–H and O–H groups in total. The number of nitrogens with one attached hydrogen (secondary N) is 3. The summed E-state index contributed by atoms with van der Waals surface area (Å²) in [5, 5.41) is 14.7. The van der Waals surface area contributed by atoms with Gasteiger partial charge in [-0.1, -0.05) is 0 Å². The number of nitrogens with zero attached hydrogens (tertiary/aromatic N) is 1. The molecule has 1 rings (SSSR count). The topological polar surface area (TPSA) is 150 Å². The first-order valence-corrected chi connectivity index (χ1v) is 5.44. The van der Waals surface area contributed by atoms with Gasteiger partial charge in [-0.25, -0.2) is 4.68 Å². The molecular weight excluding hydrogens is 272 g/mol. The van der Waals surface area contributed by atoms with Crippen LogP contribution in [0.2, 0.25) is 0 Å². The van der Waals surface area contributed by atoms with Crippen molar-refractivity contribution in [2.24, 2.45) is 0 Å². The van der Waals surface area contributed by atoms with E-state index in [1.165, 1.54) is 0 Å². The zero-order valence-electron chi connectivity index (χ0n) is 10.2. The highest BCUT2D eigenvalue weighted by Crippen LogP contribution is 1.75. The Labute approximate surface area is 111 Å². The Bertz CT molecular complexity index is 631. The molecule has 2 amide bonds. The smallest absolute Gasteiger partial charge is 0.322 e. The molecule has 0 unspecified atom stereocenters. The summed E-state index contributed by atoms with van der Waals surface area (Å²) in [6, 6.07) is 2.03. The summed E-state index contributed by atoms with van der Waals surface area (Å²) >= 11 is 0. The van der Waals surface area contributed by atoms with Crippen LogP contribution < -0.4 is 21.8 Å². The maximum absolute atomic E-state index is 11.4. The highest BCUT2D eigenvalue weighted by atomic mass is 16.4. The standard InChI is InChI=1S/C10H12N4O6/c15-6-1-2-9(18)14(13-6)5-8(17)11-3-7(16)12-4-10(19)20/h1-2H,3-5H2,(H,11,17)(H,12,16)(H,13,15)(H,19,20). The van der Waals surface area contributed by atoms with Crippen LogP contribution in [0.5, 0.6) is 0 Å². The molecule has 20 heavy (non-hydrogen) atoms. The molecule has 108 valence electrons. The normalized spacial score (nSPS) is 9.80. The predicted octanol–water partition coefficient (Wildman–Crippen LogP) is -3.15. The molecule has 0 aliphatic rings. The van der Waals surface area contributed by atoms with Crippen LogP contribution in [0.25, 0.3) is 0 Å². The second-order valence-corrected chi connectivity index (χ2v) is 3.68. The molecule has 1 heterocycles. The largest absolute Gasteiger partial charge is 0.480 e. The summed E-state index contributed by atoms with van der Waals surface area (Å²) in [5.41, 5.74) is -1.12. The second-order valence-electron chi connectivity index (χ2n) is 3.68. The molecule has 0 radical (unpaired) electrons. The highest BCUT2D eigenvalue weighted by molar-refractivity contribution is 5.86. The summed E-state index contributed by atoms with van der Waals surface area (Å²) in [6.45, 7) is -1.45. The van der Waals surface area contributed by atoms with Crippen LogP contribution in [0.1, 0.15) is 0 Å². The minimum absolute atomic E-state index is 0.433. The lowest BCUT2D eigenvalue weighted by molar-refractivity contribution is -0.137. The first kappa shape index (κ1) is 15.1. The molecule has 0 bridgehead atoms. The third kappa shape index (κ3) is 5.16. The van der Waals surface area contributed by atoms with Gasteiger partial charge in [0.25, 0.3) is 11.1 Å². The van der Waals surface area contributed by atoms with E-state index in [9.17, 15) is 24.0 Å². The van der Waals surface area contributed by atoms with Crippen molar-refractivity contribution in [1.82, 2.24) is 20.4 Å². The van der Waals surface area contributed by atoms with Crippen LogP contribution in [-0.2, 0) is 20.9 Å². The molecule has 0 atom stereocenters. The van der Waals surface area contributed by atoms with Crippen molar-refractivity contribution in [3.63, 3.8) is 0 Å². The lowest BCUT2D eigenvalue weighted by atomic mass is 10.5. The van der Waals surface area contributed by atoms with Gasteiger partial charge in [-0.05, 0) is 0 Å². The summed E-state index contributed by atoms with van der Waals surface area (Å²) < 4.78 is 0.785. The first-order valence-electron chi connectivity index (χ1n) is 5.44. The summed E-state index contributed by atoms with van der Waals surface area (Å²) in [7, 11) is 0. The van der Waals surface area contributed by atoms with E-state index in [2.05, 4.69) is 10.4 Å². The van der Waals surface area contributed by atoms with Crippen LogP contribution in [0.3, 0.4) is 0 Å². The number of carboxylic acids is 1. The van der Waals surface area contributed by atoms with E-state index >= 15 is 0 Å². The van der Waals surface area contributed by atoms with Gasteiger partial charge in [0.1, 0.15) is 13.1 Å². The lowest BCUT2D eigenvalue weighted by Crippen LogP contribution is -2.41. The zero-order chi connectivity index (χ0) is 15.1. The van der Waals surface area contributed by atoms with Crippen molar-refractivity contribution < 1.29 is 19.5 Å². The van der Waals surface area contributed by atoms with Gasteiger partial charge in [-0.15, -0.1) is 0 Å². The summed E-state index contributed by atoms with van der Waals surface area (Å²) in [6.07, 6.45) is 0. The molecule has 10 heteroatoms. The van der Waals surface area contributed by atoms with E-state index in [1.54, 1.807) is 0 Å². The molecule has 0 aliphatic carbocycles. The Morgan fingerprint density at radius 3 is 2.40 bits per heavy atom. The average Bonchev–Trinajstić information content (AvgIpc) is 2.38. The van der Waals surface area contributed by atoms with Gasteiger partial charge < -0.3 is 15.7 Å². The molecule has 0 fully saturated rings. The molecular formula is C10H12N4O6. The monoisotopic (exact) mass is 284 g/mol. The van der Waals surface area contributed by atoms with Crippen molar-refractivity contribution in [2.75, 3.05) is 13.1 Å². The Hall–Kier alpha value is -2.91. The van der Waals surface area contributed by atoms with Gasteiger partial charge in [-0.2, -0.15) is 0 Å². The van der Waals surface area contributed by atoms with Crippen LogP contribution in [0.15, 0.2) is 21.7 Å². The minimum Gasteiger partial charge on any atom is -0.480 e. The van der Waals surface area contributed by atoms with Crippen molar-refractivity contribution in [3.8, 4) is 0 Å². The van der Waals surface area contributed by atoms with Gasteiger partial charge in [0.15, 0.2) is 0 Å². The summed E-state index contributed by atoms with van der Waals surface area (Å²) in [5.74, 6) is -2.58. The molecule has 10 nitrogen and oxygen atoms in total. The third-order valence-corrected chi connectivity index (χ3v) is 2.07. The first-order chi connectivity index (χ1) is 9.38. The van der Waals surface area contributed by atoms with Gasteiger partial charge >= 0.3 is 5.97 Å². The van der Waals surface area contributed by atoms with Crippen LogP contribution in [-0.4, -0.2) is 45.8 Å². The number of aliphatic carboxylic acids is 1.